The fraction of sp³-hybridized carbons (Fsp3) is 0.211. The molecular weight excluding hydrogens is 350 g/mol. The van der Waals surface area contributed by atoms with E-state index in [1.54, 1.807) is 12.1 Å². The second-order valence-electron chi connectivity index (χ2n) is 6.08. The first-order valence-electron chi connectivity index (χ1n) is 8.29. The summed E-state index contributed by atoms with van der Waals surface area (Å²) in [5, 5.41) is 3.33. The van der Waals surface area contributed by atoms with Crippen LogP contribution in [0.3, 0.4) is 0 Å². The molecule has 4 rings (SSSR count). The van der Waals surface area contributed by atoms with Crippen molar-refractivity contribution in [2.45, 2.75) is 13.3 Å². The molecule has 1 aromatic heterocycles. The SMILES string of the molecule is Cc1ccc2nc(NC(=O)CN3C(=O)CCOc4ccccc43)sc2c1. The van der Waals surface area contributed by atoms with Crippen LogP contribution in [-0.4, -0.2) is 29.9 Å². The van der Waals surface area contributed by atoms with Crippen LogP contribution in [0.1, 0.15) is 12.0 Å². The van der Waals surface area contributed by atoms with Crippen LogP contribution in [0.15, 0.2) is 42.5 Å². The van der Waals surface area contributed by atoms with Gasteiger partial charge in [-0.15, -0.1) is 0 Å². The van der Waals surface area contributed by atoms with Gasteiger partial charge in [0.2, 0.25) is 11.8 Å². The zero-order chi connectivity index (χ0) is 18.1. The van der Waals surface area contributed by atoms with Crippen LogP contribution < -0.4 is 15.0 Å². The Kier molecular flexibility index (Phi) is 4.30. The molecule has 1 N–H and O–H groups in total. The van der Waals surface area contributed by atoms with Crippen molar-refractivity contribution in [3.8, 4) is 5.75 Å². The zero-order valence-corrected chi connectivity index (χ0v) is 15.0. The number of anilines is 2. The number of hydrogen-bond acceptors (Lipinski definition) is 5. The average Bonchev–Trinajstić information content (AvgIpc) is 2.93. The first-order chi connectivity index (χ1) is 12.6. The Labute approximate surface area is 154 Å². The Bertz CT molecular complexity index is 999. The number of ether oxygens (including phenoxy) is 1. The molecule has 26 heavy (non-hydrogen) atoms. The number of rotatable bonds is 3. The van der Waals surface area contributed by atoms with Gasteiger partial charge in [0.05, 0.1) is 28.9 Å². The second-order valence-corrected chi connectivity index (χ2v) is 7.12. The summed E-state index contributed by atoms with van der Waals surface area (Å²) < 4.78 is 6.61. The summed E-state index contributed by atoms with van der Waals surface area (Å²) in [6.45, 7) is 2.25. The third kappa shape index (κ3) is 3.25. The minimum atomic E-state index is -0.286. The van der Waals surface area contributed by atoms with Gasteiger partial charge in [0.1, 0.15) is 12.3 Å². The lowest BCUT2D eigenvalue weighted by Crippen LogP contribution is -2.37. The van der Waals surface area contributed by atoms with Gasteiger partial charge >= 0.3 is 0 Å². The minimum absolute atomic E-state index is 0.0752. The molecule has 0 unspecified atom stereocenters. The topological polar surface area (TPSA) is 71.5 Å². The van der Waals surface area contributed by atoms with Crippen molar-refractivity contribution < 1.29 is 14.3 Å². The van der Waals surface area contributed by atoms with Gasteiger partial charge in [-0.05, 0) is 36.8 Å². The molecule has 132 valence electrons. The number of amides is 2. The fourth-order valence-electron chi connectivity index (χ4n) is 2.88. The highest BCUT2D eigenvalue weighted by molar-refractivity contribution is 7.22. The van der Waals surface area contributed by atoms with E-state index < -0.39 is 0 Å². The quantitative estimate of drug-likeness (QED) is 0.770. The summed E-state index contributed by atoms with van der Waals surface area (Å²) in [7, 11) is 0. The number of nitrogens with zero attached hydrogens (tertiary/aromatic N) is 2. The summed E-state index contributed by atoms with van der Waals surface area (Å²) >= 11 is 1.42. The van der Waals surface area contributed by atoms with E-state index in [9.17, 15) is 9.59 Å². The molecule has 3 aromatic rings. The lowest BCUT2D eigenvalue weighted by molar-refractivity contribution is -0.121. The van der Waals surface area contributed by atoms with E-state index in [1.807, 2.05) is 37.3 Å². The number of benzene rings is 2. The highest BCUT2D eigenvalue weighted by Crippen LogP contribution is 2.31. The van der Waals surface area contributed by atoms with Crippen LogP contribution in [0, 0.1) is 6.92 Å². The standard InChI is InChI=1S/C19H17N3O3S/c1-12-6-7-13-16(10-12)26-19(20-13)21-17(23)11-22-14-4-2-3-5-15(14)25-9-8-18(22)24/h2-7,10H,8-9,11H2,1H3,(H,20,21,23). The van der Waals surface area contributed by atoms with Gasteiger partial charge in [-0.25, -0.2) is 4.98 Å². The molecule has 2 heterocycles. The van der Waals surface area contributed by atoms with Crippen molar-refractivity contribution in [3.63, 3.8) is 0 Å². The van der Waals surface area contributed by atoms with Gasteiger partial charge in [0.15, 0.2) is 5.13 Å². The van der Waals surface area contributed by atoms with Gasteiger partial charge < -0.3 is 10.1 Å². The molecule has 0 atom stereocenters. The number of fused-ring (bicyclic) bond motifs is 2. The monoisotopic (exact) mass is 367 g/mol. The van der Waals surface area contributed by atoms with Crippen molar-refractivity contribution in [1.29, 1.82) is 0 Å². The van der Waals surface area contributed by atoms with Gasteiger partial charge in [-0.3, -0.25) is 14.5 Å². The largest absolute Gasteiger partial charge is 0.491 e. The lowest BCUT2D eigenvalue weighted by atomic mass is 10.2. The number of para-hydroxylation sites is 2. The van der Waals surface area contributed by atoms with E-state index in [4.69, 9.17) is 4.74 Å². The van der Waals surface area contributed by atoms with Crippen molar-refractivity contribution in [1.82, 2.24) is 4.98 Å². The highest BCUT2D eigenvalue weighted by Gasteiger charge is 2.25. The molecule has 0 saturated carbocycles. The molecule has 2 aromatic carbocycles. The molecule has 1 aliphatic rings. The summed E-state index contributed by atoms with van der Waals surface area (Å²) in [6.07, 6.45) is 0.238. The molecular formula is C19H17N3O3S. The Hall–Kier alpha value is -2.93. The van der Waals surface area contributed by atoms with E-state index in [0.29, 0.717) is 23.2 Å². The van der Waals surface area contributed by atoms with Crippen LogP contribution in [0.2, 0.25) is 0 Å². The number of nitrogens with one attached hydrogen (secondary N) is 1. The van der Waals surface area contributed by atoms with Crippen LogP contribution in [0.25, 0.3) is 10.2 Å². The second kappa shape index (κ2) is 6.76. The third-order valence-electron chi connectivity index (χ3n) is 4.12. The number of carbonyl (C=O) groups is 2. The summed E-state index contributed by atoms with van der Waals surface area (Å²) in [6, 6.07) is 13.2. The van der Waals surface area contributed by atoms with E-state index in [2.05, 4.69) is 10.3 Å². The van der Waals surface area contributed by atoms with Gasteiger partial charge in [0, 0.05) is 0 Å². The number of carbonyl (C=O) groups excluding carboxylic acids is 2. The molecule has 0 aliphatic carbocycles. The molecule has 0 saturated heterocycles. The smallest absolute Gasteiger partial charge is 0.246 e. The van der Waals surface area contributed by atoms with E-state index in [0.717, 1.165) is 15.8 Å². The molecule has 7 heteroatoms. The number of aryl methyl sites for hydroxylation is 1. The van der Waals surface area contributed by atoms with Crippen LogP contribution in [0.4, 0.5) is 10.8 Å². The molecule has 2 amide bonds. The predicted molar refractivity (Wildman–Crippen MR) is 102 cm³/mol. The zero-order valence-electron chi connectivity index (χ0n) is 14.2. The molecule has 0 radical (unpaired) electrons. The van der Waals surface area contributed by atoms with Crippen LogP contribution >= 0.6 is 11.3 Å². The maximum Gasteiger partial charge on any atom is 0.246 e. The third-order valence-corrected chi connectivity index (χ3v) is 5.06. The summed E-state index contributed by atoms with van der Waals surface area (Å²) in [4.78, 5) is 30.8. The first-order valence-corrected chi connectivity index (χ1v) is 9.11. The Morgan fingerprint density at radius 1 is 1.31 bits per heavy atom. The molecule has 0 bridgehead atoms. The average molecular weight is 367 g/mol. The maximum absolute atomic E-state index is 12.5. The van der Waals surface area contributed by atoms with Gasteiger partial charge in [-0.1, -0.05) is 29.5 Å². The first kappa shape index (κ1) is 16.5. The Morgan fingerprint density at radius 3 is 3.04 bits per heavy atom. The van der Waals surface area contributed by atoms with Gasteiger partial charge in [0.25, 0.3) is 0 Å². The molecule has 6 nitrogen and oxygen atoms in total. The summed E-state index contributed by atoms with van der Waals surface area (Å²) in [5.74, 6) is 0.192. The molecule has 0 spiro atoms. The lowest BCUT2D eigenvalue weighted by Gasteiger charge is -2.20. The number of hydrogen-bond donors (Lipinski definition) is 1. The maximum atomic E-state index is 12.5. The van der Waals surface area contributed by atoms with Crippen molar-refractivity contribution in [2.75, 3.05) is 23.4 Å². The molecule has 0 fully saturated rings. The van der Waals surface area contributed by atoms with Crippen molar-refractivity contribution in [3.05, 3.63) is 48.0 Å². The minimum Gasteiger partial charge on any atom is -0.491 e. The van der Waals surface area contributed by atoms with E-state index in [-0.39, 0.29) is 24.8 Å². The number of thiazole rings is 1. The molecule has 1 aliphatic heterocycles. The van der Waals surface area contributed by atoms with Crippen molar-refractivity contribution in [2.24, 2.45) is 0 Å². The van der Waals surface area contributed by atoms with Crippen LogP contribution in [0.5, 0.6) is 5.75 Å². The van der Waals surface area contributed by atoms with Gasteiger partial charge in [-0.2, -0.15) is 0 Å². The normalized spacial score (nSPS) is 13.9. The summed E-state index contributed by atoms with van der Waals surface area (Å²) in [5.41, 5.74) is 2.61. The Morgan fingerprint density at radius 2 is 2.15 bits per heavy atom. The Balaban J connectivity index is 1.54. The van der Waals surface area contributed by atoms with E-state index >= 15 is 0 Å². The van der Waals surface area contributed by atoms with E-state index in [1.165, 1.54) is 16.2 Å². The van der Waals surface area contributed by atoms with Crippen LogP contribution in [-0.2, 0) is 9.59 Å². The predicted octanol–water partition coefficient (Wildman–Crippen LogP) is 3.36. The van der Waals surface area contributed by atoms with Crippen molar-refractivity contribution >= 4 is 44.2 Å². The fourth-order valence-corrected chi connectivity index (χ4v) is 3.86. The number of aromatic nitrogens is 1. The highest BCUT2D eigenvalue weighted by atomic mass is 32.1.